The minimum Gasteiger partial charge on any atom is -0.376 e. The van der Waals surface area contributed by atoms with E-state index in [0.717, 1.165) is 5.57 Å². The third-order valence-corrected chi connectivity index (χ3v) is 3.22. The number of nitrogens with one attached hydrogen (secondary N) is 1. The predicted octanol–water partition coefficient (Wildman–Crippen LogP) is 1.15. The van der Waals surface area contributed by atoms with E-state index in [4.69, 9.17) is 4.74 Å². The van der Waals surface area contributed by atoms with Crippen molar-refractivity contribution in [2.45, 2.75) is 20.8 Å². The summed E-state index contributed by atoms with van der Waals surface area (Å²) in [6.07, 6.45) is 0. The first-order valence-electron chi connectivity index (χ1n) is 5.03. The molecular weight excluding hydrogens is 214 g/mol. The summed E-state index contributed by atoms with van der Waals surface area (Å²) in [5.74, 6) is 0.298. The van der Waals surface area contributed by atoms with Crippen molar-refractivity contribution in [1.29, 1.82) is 0 Å². The lowest BCUT2D eigenvalue weighted by molar-refractivity contribution is 0.162. The van der Waals surface area contributed by atoms with Crippen LogP contribution < -0.4 is 4.72 Å². The maximum atomic E-state index is 11.4. The van der Waals surface area contributed by atoms with Crippen molar-refractivity contribution in [2.24, 2.45) is 5.92 Å². The molecule has 0 aromatic rings. The summed E-state index contributed by atoms with van der Waals surface area (Å²) >= 11 is 0. The first kappa shape index (κ1) is 14.6. The van der Waals surface area contributed by atoms with Crippen LogP contribution in [0.4, 0.5) is 0 Å². The Balaban J connectivity index is 3.62. The van der Waals surface area contributed by atoms with Gasteiger partial charge in [0.05, 0.1) is 19.0 Å². The molecule has 90 valence electrons. The Hall–Kier alpha value is -0.390. The van der Waals surface area contributed by atoms with Crippen LogP contribution in [0.25, 0.3) is 0 Å². The minimum atomic E-state index is -3.13. The molecule has 0 aromatic carbocycles. The third-order valence-electron chi connectivity index (χ3n) is 1.47. The lowest BCUT2D eigenvalue weighted by atomic mass is 10.3. The Labute approximate surface area is 92.8 Å². The summed E-state index contributed by atoms with van der Waals surface area (Å²) < 4.78 is 30.4. The molecule has 0 aromatic heterocycles. The van der Waals surface area contributed by atoms with Crippen molar-refractivity contribution in [3.63, 3.8) is 0 Å². The van der Waals surface area contributed by atoms with E-state index in [-0.39, 0.29) is 11.7 Å². The Morgan fingerprint density at radius 3 is 2.53 bits per heavy atom. The second kappa shape index (κ2) is 6.98. The highest BCUT2D eigenvalue weighted by Crippen LogP contribution is 1.96. The monoisotopic (exact) mass is 235 g/mol. The summed E-state index contributed by atoms with van der Waals surface area (Å²) in [6.45, 7) is 10.5. The van der Waals surface area contributed by atoms with Gasteiger partial charge < -0.3 is 4.74 Å². The molecule has 0 aliphatic rings. The highest BCUT2D eigenvalue weighted by atomic mass is 32.2. The van der Waals surface area contributed by atoms with Crippen LogP contribution >= 0.6 is 0 Å². The molecular formula is C10H21NO3S. The fourth-order valence-electron chi connectivity index (χ4n) is 1.01. The molecule has 0 heterocycles. The molecule has 4 nitrogen and oxygen atoms in total. The standard InChI is InChI=1S/C10H21NO3S/c1-9(2)7-14-6-5-11-15(12,13)8-10(3)4/h10-11H,1,5-8H2,2-4H3. The van der Waals surface area contributed by atoms with Gasteiger partial charge in [0.1, 0.15) is 0 Å². The Bertz CT molecular complexity index is 283. The smallest absolute Gasteiger partial charge is 0.211 e. The second-order valence-corrected chi connectivity index (χ2v) is 5.93. The van der Waals surface area contributed by atoms with E-state index in [2.05, 4.69) is 11.3 Å². The molecule has 0 radical (unpaired) electrons. The average molecular weight is 235 g/mol. The van der Waals surface area contributed by atoms with Crippen molar-refractivity contribution in [1.82, 2.24) is 4.72 Å². The number of ether oxygens (including phenoxy) is 1. The molecule has 0 bridgehead atoms. The topological polar surface area (TPSA) is 55.4 Å². The van der Waals surface area contributed by atoms with E-state index in [1.807, 2.05) is 20.8 Å². The normalized spacial score (nSPS) is 12.0. The minimum absolute atomic E-state index is 0.138. The van der Waals surface area contributed by atoms with Crippen LogP contribution in [-0.2, 0) is 14.8 Å². The summed E-state index contributed by atoms with van der Waals surface area (Å²) in [4.78, 5) is 0. The van der Waals surface area contributed by atoms with Crippen molar-refractivity contribution in [2.75, 3.05) is 25.5 Å². The zero-order valence-corrected chi connectivity index (χ0v) is 10.6. The summed E-state index contributed by atoms with van der Waals surface area (Å²) in [5.41, 5.74) is 0.931. The van der Waals surface area contributed by atoms with Crippen molar-refractivity contribution in [3.8, 4) is 0 Å². The highest BCUT2D eigenvalue weighted by Gasteiger charge is 2.11. The average Bonchev–Trinajstić information content (AvgIpc) is 1.99. The molecule has 0 saturated heterocycles. The summed E-state index contributed by atoms with van der Waals surface area (Å²) in [6, 6.07) is 0. The van der Waals surface area contributed by atoms with Crippen LogP contribution in [-0.4, -0.2) is 33.9 Å². The molecule has 5 heteroatoms. The zero-order valence-electron chi connectivity index (χ0n) is 9.75. The molecule has 1 N–H and O–H groups in total. The number of sulfonamides is 1. The number of rotatable bonds is 8. The number of hydrogen-bond acceptors (Lipinski definition) is 3. The molecule has 0 spiro atoms. The van der Waals surface area contributed by atoms with Gasteiger partial charge in [-0.05, 0) is 12.8 Å². The van der Waals surface area contributed by atoms with Gasteiger partial charge in [0.25, 0.3) is 0 Å². The molecule has 0 aliphatic carbocycles. The molecule has 0 atom stereocenters. The Morgan fingerprint density at radius 2 is 2.07 bits per heavy atom. The van der Waals surface area contributed by atoms with Gasteiger partial charge in [-0.2, -0.15) is 0 Å². The Morgan fingerprint density at radius 1 is 1.47 bits per heavy atom. The van der Waals surface area contributed by atoms with Gasteiger partial charge in [-0.25, -0.2) is 13.1 Å². The maximum Gasteiger partial charge on any atom is 0.211 e. The van der Waals surface area contributed by atoms with Crippen LogP contribution in [0.5, 0.6) is 0 Å². The quantitative estimate of drug-likeness (QED) is 0.507. The fraction of sp³-hybridized carbons (Fsp3) is 0.800. The summed E-state index contributed by atoms with van der Waals surface area (Å²) in [7, 11) is -3.13. The van der Waals surface area contributed by atoms with Crippen molar-refractivity contribution >= 4 is 10.0 Å². The van der Waals surface area contributed by atoms with Gasteiger partial charge in [0.2, 0.25) is 10.0 Å². The maximum absolute atomic E-state index is 11.4. The summed E-state index contributed by atoms with van der Waals surface area (Å²) in [5, 5.41) is 0. The molecule has 0 aliphatic heterocycles. The van der Waals surface area contributed by atoms with Gasteiger partial charge >= 0.3 is 0 Å². The molecule has 0 fully saturated rings. The van der Waals surface area contributed by atoms with Gasteiger partial charge in [-0.3, -0.25) is 0 Å². The second-order valence-electron chi connectivity index (χ2n) is 4.08. The van der Waals surface area contributed by atoms with E-state index in [9.17, 15) is 8.42 Å². The fourth-order valence-corrected chi connectivity index (χ4v) is 2.40. The van der Waals surface area contributed by atoms with Crippen LogP contribution in [0.2, 0.25) is 0 Å². The van der Waals surface area contributed by atoms with Crippen LogP contribution in [0.3, 0.4) is 0 Å². The third kappa shape index (κ3) is 9.90. The van der Waals surface area contributed by atoms with E-state index in [1.165, 1.54) is 0 Å². The van der Waals surface area contributed by atoms with E-state index < -0.39 is 10.0 Å². The van der Waals surface area contributed by atoms with E-state index in [1.54, 1.807) is 0 Å². The van der Waals surface area contributed by atoms with E-state index in [0.29, 0.717) is 19.8 Å². The van der Waals surface area contributed by atoms with Crippen LogP contribution in [0.1, 0.15) is 20.8 Å². The van der Waals surface area contributed by atoms with E-state index >= 15 is 0 Å². The Kier molecular flexibility index (Phi) is 6.80. The van der Waals surface area contributed by atoms with Gasteiger partial charge in [-0.15, -0.1) is 0 Å². The zero-order chi connectivity index (χ0) is 11.9. The lowest BCUT2D eigenvalue weighted by Crippen LogP contribution is -2.31. The van der Waals surface area contributed by atoms with Gasteiger partial charge in [0, 0.05) is 6.54 Å². The lowest BCUT2D eigenvalue weighted by Gasteiger charge is -2.08. The van der Waals surface area contributed by atoms with Crippen molar-refractivity contribution < 1.29 is 13.2 Å². The van der Waals surface area contributed by atoms with Gasteiger partial charge in [0.15, 0.2) is 0 Å². The molecule has 0 rings (SSSR count). The van der Waals surface area contributed by atoms with Crippen LogP contribution in [0, 0.1) is 5.92 Å². The first-order chi connectivity index (χ1) is 6.83. The first-order valence-corrected chi connectivity index (χ1v) is 6.68. The highest BCUT2D eigenvalue weighted by molar-refractivity contribution is 7.89. The largest absolute Gasteiger partial charge is 0.376 e. The number of hydrogen-bond donors (Lipinski definition) is 1. The molecule has 0 unspecified atom stereocenters. The van der Waals surface area contributed by atoms with Crippen molar-refractivity contribution in [3.05, 3.63) is 12.2 Å². The van der Waals surface area contributed by atoms with Gasteiger partial charge in [-0.1, -0.05) is 26.0 Å². The molecule has 15 heavy (non-hydrogen) atoms. The predicted molar refractivity (Wildman–Crippen MR) is 62.3 cm³/mol. The van der Waals surface area contributed by atoms with Crippen LogP contribution in [0.15, 0.2) is 12.2 Å². The molecule has 0 amide bonds. The SMILES string of the molecule is C=C(C)COCCNS(=O)(=O)CC(C)C. The molecule has 0 saturated carbocycles.